The number of fused-ring (bicyclic) bond motifs is 2. The highest BCUT2D eigenvalue weighted by molar-refractivity contribution is 5.89. The smallest absolute Gasteiger partial charge is 0.00135 e. The monoisotopic (exact) mass is 296 g/mol. The Morgan fingerprint density at radius 3 is 1.52 bits per heavy atom. The van der Waals surface area contributed by atoms with E-state index in [1.807, 2.05) is 0 Å². The lowest BCUT2D eigenvalue weighted by atomic mass is 9.94. The zero-order valence-electron chi connectivity index (χ0n) is 13.6. The Morgan fingerprint density at radius 1 is 0.565 bits per heavy atom. The van der Waals surface area contributed by atoms with Gasteiger partial charge < -0.3 is 0 Å². The first-order valence-corrected chi connectivity index (χ1v) is 8.17. The van der Waals surface area contributed by atoms with Crippen LogP contribution < -0.4 is 0 Å². The zero-order valence-corrected chi connectivity index (χ0v) is 13.6. The highest BCUT2D eigenvalue weighted by atomic mass is 14.1. The third-order valence-electron chi connectivity index (χ3n) is 4.64. The fraction of sp³-hybridized carbons (Fsp3) is 0.130. The molecule has 4 aromatic carbocycles. The van der Waals surface area contributed by atoms with Crippen LogP contribution in [0, 0.1) is 13.8 Å². The fourth-order valence-corrected chi connectivity index (χ4v) is 3.42. The Hall–Kier alpha value is -2.60. The Kier molecular flexibility index (Phi) is 3.38. The Morgan fingerprint density at radius 2 is 1.04 bits per heavy atom. The van der Waals surface area contributed by atoms with Crippen LogP contribution in [0.5, 0.6) is 0 Å². The third kappa shape index (κ3) is 2.61. The van der Waals surface area contributed by atoms with Crippen LogP contribution in [0.2, 0.25) is 0 Å². The van der Waals surface area contributed by atoms with Gasteiger partial charge in [0.2, 0.25) is 0 Å². The number of benzene rings is 4. The Labute approximate surface area is 137 Å². The molecule has 0 heterocycles. The lowest BCUT2D eigenvalue weighted by molar-refractivity contribution is 1.23. The summed E-state index contributed by atoms with van der Waals surface area (Å²) in [5, 5.41) is 5.39. The lowest BCUT2D eigenvalue weighted by Gasteiger charge is -2.11. The van der Waals surface area contributed by atoms with Gasteiger partial charge in [-0.3, -0.25) is 0 Å². The normalized spacial score (nSPS) is 11.2. The van der Waals surface area contributed by atoms with Crippen molar-refractivity contribution < 1.29 is 0 Å². The molecule has 0 atom stereocenters. The predicted molar refractivity (Wildman–Crippen MR) is 100 cm³/mol. The molecule has 0 aliphatic heterocycles. The molecule has 0 aromatic heterocycles. The van der Waals surface area contributed by atoms with Gasteiger partial charge in [-0.05, 0) is 52.9 Å². The van der Waals surface area contributed by atoms with E-state index in [1.165, 1.54) is 43.8 Å². The average Bonchev–Trinajstić information content (AvgIpc) is 2.56. The van der Waals surface area contributed by atoms with Crippen molar-refractivity contribution in [1.29, 1.82) is 0 Å². The summed E-state index contributed by atoms with van der Waals surface area (Å²) in [5.74, 6) is 0. The maximum Gasteiger partial charge on any atom is -0.00135 e. The van der Waals surface area contributed by atoms with Crippen molar-refractivity contribution in [2.45, 2.75) is 20.3 Å². The van der Waals surface area contributed by atoms with E-state index in [0.717, 1.165) is 6.42 Å². The van der Waals surface area contributed by atoms with Gasteiger partial charge in [-0.25, -0.2) is 0 Å². The number of aryl methyl sites for hydroxylation is 2. The van der Waals surface area contributed by atoms with Crippen molar-refractivity contribution >= 4 is 21.5 Å². The second-order valence-electron chi connectivity index (χ2n) is 6.46. The molecule has 0 N–H and O–H groups in total. The van der Waals surface area contributed by atoms with E-state index in [0.29, 0.717) is 0 Å². The minimum absolute atomic E-state index is 0.974. The predicted octanol–water partition coefficient (Wildman–Crippen LogP) is 6.20. The van der Waals surface area contributed by atoms with Crippen molar-refractivity contribution in [2.24, 2.45) is 0 Å². The Balaban J connectivity index is 1.88. The molecule has 0 saturated heterocycles. The molecule has 0 aliphatic carbocycles. The highest BCUT2D eigenvalue weighted by Gasteiger charge is 2.06. The summed E-state index contributed by atoms with van der Waals surface area (Å²) < 4.78 is 0. The van der Waals surface area contributed by atoms with Crippen molar-refractivity contribution in [3.05, 3.63) is 95.1 Å². The maximum atomic E-state index is 2.31. The largest absolute Gasteiger partial charge is 0.0613 e. The summed E-state index contributed by atoms with van der Waals surface area (Å²) in [6.45, 7) is 4.33. The molecule has 4 rings (SSSR count). The van der Waals surface area contributed by atoms with Crippen molar-refractivity contribution in [2.75, 3.05) is 0 Å². The third-order valence-corrected chi connectivity index (χ3v) is 4.64. The molecule has 112 valence electrons. The van der Waals surface area contributed by atoms with Gasteiger partial charge in [0.25, 0.3) is 0 Å². The first kappa shape index (κ1) is 14.0. The first-order chi connectivity index (χ1) is 11.2. The number of rotatable bonds is 2. The summed E-state index contributed by atoms with van der Waals surface area (Å²) in [7, 11) is 0. The van der Waals surface area contributed by atoms with Gasteiger partial charge in [-0.1, -0.05) is 83.9 Å². The molecule has 0 saturated carbocycles. The molecule has 0 spiro atoms. The quantitative estimate of drug-likeness (QED) is 0.413. The van der Waals surface area contributed by atoms with Gasteiger partial charge >= 0.3 is 0 Å². The van der Waals surface area contributed by atoms with Crippen LogP contribution in [0.4, 0.5) is 0 Å². The van der Waals surface area contributed by atoms with Crippen LogP contribution >= 0.6 is 0 Å². The van der Waals surface area contributed by atoms with Gasteiger partial charge in [0, 0.05) is 0 Å². The van der Waals surface area contributed by atoms with Crippen LogP contribution in [-0.2, 0) is 6.42 Å². The van der Waals surface area contributed by atoms with E-state index in [-0.39, 0.29) is 0 Å². The molecule has 4 aromatic rings. The van der Waals surface area contributed by atoms with Gasteiger partial charge in [0.15, 0.2) is 0 Å². The van der Waals surface area contributed by atoms with Crippen LogP contribution in [0.25, 0.3) is 21.5 Å². The van der Waals surface area contributed by atoms with Crippen molar-refractivity contribution in [1.82, 2.24) is 0 Å². The van der Waals surface area contributed by atoms with Crippen LogP contribution in [-0.4, -0.2) is 0 Å². The zero-order chi connectivity index (χ0) is 15.8. The van der Waals surface area contributed by atoms with E-state index in [1.54, 1.807) is 0 Å². The summed E-state index contributed by atoms with van der Waals surface area (Å²) in [5.41, 5.74) is 5.44. The van der Waals surface area contributed by atoms with Crippen LogP contribution in [0.3, 0.4) is 0 Å². The first-order valence-electron chi connectivity index (χ1n) is 8.17. The maximum absolute atomic E-state index is 2.31. The van der Waals surface area contributed by atoms with E-state index in [9.17, 15) is 0 Å². The molecular formula is C23H20. The molecule has 23 heavy (non-hydrogen) atoms. The highest BCUT2D eigenvalue weighted by Crippen LogP contribution is 2.27. The molecular weight excluding hydrogens is 276 g/mol. The lowest BCUT2D eigenvalue weighted by Crippen LogP contribution is -1.92. The summed E-state index contributed by atoms with van der Waals surface area (Å²) in [6.07, 6.45) is 0.974. The molecule has 0 radical (unpaired) electrons. The molecule has 0 nitrogen and oxygen atoms in total. The van der Waals surface area contributed by atoms with E-state index < -0.39 is 0 Å². The van der Waals surface area contributed by atoms with Crippen molar-refractivity contribution in [3.8, 4) is 0 Å². The Bertz CT molecular complexity index is 926. The van der Waals surface area contributed by atoms with E-state index in [2.05, 4.69) is 86.6 Å². The average molecular weight is 296 g/mol. The van der Waals surface area contributed by atoms with Gasteiger partial charge in [-0.2, -0.15) is 0 Å². The molecule has 0 aliphatic rings. The minimum atomic E-state index is 0.974. The summed E-state index contributed by atoms with van der Waals surface area (Å²) >= 11 is 0. The van der Waals surface area contributed by atoms with Crippen molar-refractivity contribution in [3.63, 3.8) is 0 Å². The molecule has 0 unspecified atom stereocenters. The van der Waals surface area contributed by atoms with Gasteiger partial charge in [0.05, 0.1) is 0 Å². The van der Waals surface area contributed by atoms with E-state index >= 15 is 0 Å². The number of hydrogen-bond acceptors (Lipinski definition) is 0. The van der Waals surface area contributed by atoms with Gasteiger partial charge in [-0.15, -0.1) is 0 Å². The van der Waals surface area contributed by atoms with Crippen LogP contribution in [0.1, 0.15) is 22.3 Å². The minimum Gasteiger partial charge on any atom is -0.0613 e. The fourth-order valence-electron chi connectivity index (χ4n) is 3.42. The second-order valence-corrected chi connectivity index (χ2v) is 6.46. The van der Waals surface area contributed by atoms with Crippen LogP contribution in [0.15, 0.2) is 72.8 Å². The second kappa shape index (κ2) is 5.55. The molecule has 0 amide bonds. The van der Waals surface area contributed by atoms with Gasteiger partial charge in [0.1, 0.15) is 0 Å². The summed E-state index contributed by atoms with van der Waals surface area (Å²) in [4.78, 5) is 0. The SMILES string of the molecule is Cc1ccc2cccc(Cc3cccc4ccc(C)cc34)c2c1. The summed E-state index contributed by atoms with van der Waals surface area (Å²) in [6, 6.07) is 26.7. The number of hydrogen-bond donors (Lipinski definition) is 0. The topological polar surface area (TPSA) is 0 Å². The standard InChI is InChI=1S/C23H20/c1-16-9-11-18-5-3-7-20(22(18)13-16)15-21-8-4-6-19-12-10-17(2)14-23(19)21/h3-14H,15H2,1-2H3. The molecule has 0 heteroatoms. The molecule has 0 fully saturated rings. The van der Waals surface area contributed by atoms with E-state index in [4.69, 9.17) is 0 Å². The molecule has 0 bridgehead atoms.